The monoisotopic (exact) mass is 240 g/mol. The van der Waals surface area contributed by atoms with Crippen LogP contribution < -0.4 is 10.6 Å². The number of hydrogen-bond acceptors (Lipinski definition) is 3. The molecular weight excluding hydrogens is 216 g/mol. The maximum Gasteiger partial charge on any atom is 0.0115 e. The van der Waals surface area contributed by atoms with E-state index in [1.807, 2.05) is 18.4 Å². The molecule has 0 radical (unpaired) electrons. The summed E-state index contributed by atoms with van der Waals surface area (Å²) in [5.74, 6) is 0. The second-order valence-electron chi connectivity index (χ2n) is 4.85. The number of thiophene rings is 1. The van der Waals surface area contributed by atoms with Crippen molar-refractivity contribution < 1.29 is 0 Å². The SMILES string of the molecule is CNCCCCNCC(C)(C)c1cccs1. The Bertz CT molecular complexity index is 267. The van der Waals surface area contributed by atoms with Crippen LogP contribution in [0.1, 0.15) is 31.6 Å². The Kier molecular flexibility index (Phi) is 6.03. The van der Waals surface area contributed by atoms with Crippen molar-refractivity contribution in [3.63, 3.8) is 0 Å². The van der Waals surface area contributed by atoms with E-state index in [2.05, 4.69) is 42.0 Å². The summed E-state index contributed by atoms with van der Waals surface area (Å²) in [6, 6.07) is 4.36. The van der Waals surface area contributed by atoms with Crippen molar-refractivity contribution in [1.82, 2.24) is 10.6 Å². The molecule has 0 unspecified atom stereocenters. The van der Waals surface area contributed by atoms with E-state index >= 15 is 0 Å². The lowest BCUT2D eigenvalue weighted by Crippen LogP contribution is -2.33. The van der Waals surface area contributed by atoms with Crippen LogP contribution in [0, 0.1) is 0 Å². The van der Waals surface area contributed by atoms with Crippen molar-refractivity contribution in [2.45, 2.75) is 32.1 Å². The maximum atomic E-state index is 3.55. The van der Waals surface area contributed by atoms with Crippen LogP contribution in [0.2, 0.25) is 0 Å². The summed E-state index contributed by atoms with van der Waals surface area (Å²) in [5.41, 5.74) is 0.261. The second-order valence-corrected chi connectivity index (χ2v) is 5.80. The van der Waals surface area contributed by atoms with E-state index in [1.54, 1.807) is 0 Å². The van der Waals surface area contributed by atoms with Gasteiger partial charge >= 0.3 is 0 Å². The molecule has 1 heterocycles. The average Bonchev–Trinajstić information content (AvgIpc) is 2.77. The fraction of sp³-hybridized carbons (Fsp3) is 0.692. The summed E-state index contributed by atoms with van der Waals surface area (Å²) >= 11 is 1.85. The lowest BCUT2D eigenvalue weighted by molar-refractivity contribution is 0.469. The van der Waals surface area contributed by atoms with E-state index < -0.39 is 0 Å². The van der Waals surface area contributed by atoms with Crippen molar-refractivity contribution in [3.05, 3.63) is 22.4 Å². The highest BCUT2D eigenvalue weighted by molar-refractivity contribution is 7.10. The van der Waals surface area contributed by atoms with Gasteiger partial charge in [-0.05, 0) is 44.4 Å². The molecule has 0 amide bonds. The molecule has 0 bridgehead atoms. The second kappa shape index (κ2) is 7.05. The molecule has 3 heteroatoms. The van der Waals surface area contributed by atoms with E-state index in [0.29, 0.717) is 0 Å². The van der Waals surface area contributed by atoms with E-state index in [4.69, 9.17) is 0 Å². The summed E-state index contributed by atoms with van der Waals surface area (Å²) in [7, 11) is 2.01. The van der Waals surface area contributed by atoms with Crippen LogP contribution in [-0.2, 0) is 5.41 Å². The van der Waals surface area contributed by atoms with Gasteiger partial charge in [0.2, 0.25) is 0 Å². The molecule has 0 spiro atoms. The van der Waals surface area contributed by atoms with Crippen LogP contribution in [0.4, 0.5) is 0 Å². The van der Waals surface area contributed by atoms with Gasteiger partial charge in [-0.15, -0.1) is 11.3 Å². The molecule has 2 N–H and O–H groups in total. The van der Waals surface area contributed by atoms with Gasteiger partial charge in [0, 0.05) is 16.8 Å². The van der Waals surface area contributed by atoms with E-state index in [0.717, 1.165) is 19.6 Å². The first-order valence-electron chi connectivity index (χ1n) is 6.06. The molecule has 0 aromatic carbocycles. The normalized spacial score (nSPS) is 11.9. The molecule has 2 nitrogen and oxygen atoms in total. The number of unbranched alkanes of at least 4 members (excludes halogenated alkanes) is 1. The lowest BCUT2D eigenvalue weighted by atomic mass is 9.91. The first-order chi connectivity index (χ1) is 7.67. The first-order valence-corrected chi connectivity index (χ1v) is 6.94. The van der Waals surface area contributed by atoms with Gasteiger partial charge in [0.1, 0.15) is 0 Å². The number of hydrogen-bond donors (Lipinski definition) is 2. The summed E-state index contributed by atoms with van der Waals surface area (Å²) in [4.78, 5) is 1.47. The van der Waals surface area contributed by atoms with Crippen LogP contribution >= 0.6 is 11.3 Å². The zero-order valence-corrected chi connectivity index (χ0v) is 11.5. The van der Waals surface area contributed by atoms with Crippen LogP contribution in [0.3, 0.4) is 0 Å². The van der Waals surface area contributed by atoms with Crippen LogP contribution in [0.25, 0.3) is 0 Å². The molecule has 0 saturated carbocycles. The van der Waals surface area contributed by atoms with Crippen molar-refractivity contribution in [2.24, 2.45) is 0 Å². The summed E-state index contributed by atoms with van der Waals surface area (Å²) in [5, 5.41) is 8.88. The number of rotatable bonds is 8. The summed E-state index contributed by atoms with van der Waals surface area (Å²) in [6.45, 7) is 7.92. The van der Waals surface area contributed by atoms with Gasteiger partial charge in [-0.2, -0.15) is 0 Å². The van der Waals surface area contributed by atoms with Gasteiger partial charge < -0.3 is 10.6 Å². The Morgan fingerprint density at radius 3 is 2.62 bits per heavy atom. The van der Waals surface area contributed by atoms with Crippen molar-refractivity contribution in [3.8, 4) is 0 Å². The first kappa shape index (κ1) is 13.7. The molecular formula is C13H24N2S. The standard InChI is InChI=1S/C13H24N2S/c1-13(2,12-7-6-10-16-12)11-15-9-5-4-8-14-3/h6-7,10,14-15H,4-5,8-9,11H2,1-3H3. The smallest absolute Gasteiger partial charge is 0.0115 e. The third kappa shape index (κ3) is 4.64. The Hall–Kier alpha value is -0.380. The summed E-state index contributed by atoms with van der Waals surface area (Å²) in [6.07, 6.45) is 2.50. The van der Waals surface area contributed by atoms with Crippen LogP contribution in [0.15, 0.2) is 17.5 Å². The Morgan fingerprint density at radius 2 is 2.00 bits per heavy atom. The van der Waals surface area contributed by atoms with Gasteiger partial charge in [-0.1, -0.05) is 19.9 Å². The van der Waals surface area contributed by atoms with Gasteiger partial charge in [-0.25, -0.2) is 0 Å². The van der Waals surface area contributed by atoms with Crippen LogP contribution in [-0.4, -0.2) is 26.7 Å². The van der Waals surface area contributed by atoms with Crippen molar-refractivity contribution in [1.29, 1.82) is 0 Å². The third-order valence-corrected chi connectivity index (χ3v) is 4.02. The largest absolute Gasteiger partial charge is 0.320 e. The molecule has 0 saturated heterocycles. The van der Waals surface area contributed by atoms with Gasteiger partial charge in [0.05, 0.1) is 0 Å². The van der Waals surface area contributed by atoms with Crippen molar-refractivity contribution >= 4 is 11.3 Å². The van der Waals surface area contributed by atoms with Crippen LogP contribution in [0.5, 0.6) is 0 Å². The van der Waals surface area contributed by atoms with E-state index in [-0.39, 0.29) is 5.41 Å². The zero-order valence-electron chi connectivity index (χ0n) is 10.7. The average molecular weight is 240 g/mol. The topological polar surface area (TPSA) is 24.1 Å². The molecule has 0 fully saturated rings. The lowest BCUT2D eigenvalue weighted by Gasteiger charge is -2.23. The van der Waals surface area contributed by atoms with Gasteiger partial charge in [0.15, 0.2) is 0 Å². The van der Waals surface area contributed by atoms with Crippen molar-refractivity contribution in [2.75, 3.05) is 26.7 Å². The van der Waals surface area contributed by atoms with E-state index in [9.17, 15) is 0 Å². The van der Waals surface area contributed by atoms with Gasteiger partial charge in [0.25, 0.3) is 0 Å². The minimum atomic E-state index is 0.261. The molecule has 0 aliphatic rings. The van der Waals surface area contributed by atoms with Gasteiger partial charge in [-0.3, -0.25) is 0 Å². The fourth-order valence-electron chi connectivity index (χ4n) is 1.70. The minimum absolute atomic E-state index is 0.261. The summed E-state index contributed by atoms with van der Waals surface area (Å²) < 4.78 is 0. The molecule has 0 aliphatic carbocycles. The highest BCUT2D eigenvalue weighted by atomic mass is 32.1. The zero-order chi connectivity index (χ0) is 11.9. The fourth-order valence-corrected chi connectivity index (χ4v) is 2.56. The minimum Gasteiger partial charge on any atom is -0.320 e. The molecule has 0 atom stereocenters. The predicted octanol–water partition coefficient (Wildman–Crippen LogP) is 2.61. The molecule has 16 heavy (non-hydrogen) atoms. The predicted molar refractivity (Wildman–Crippen MR) is 73.4 cm³/mol. The molecule has 0 aliphatic heterocycles. The molecule has 1 aromatic heterocycles. The Morgan fingerprint density at radius 1 is 1.25 bits per heavy atom. The highest BCUT2D eigenvalue weighted by Crippen LogP contribution is 2.26. The quantitative estimate of drug-likeness (QED) is 0.683. The Balaban J connectivity index is 2.17. The molecule has 1 rings (SSSR count). The highest BCUT2D eigenvalue weighted by Gasteiger charge is 2.20. The third-order valence-electron chi connectivity index (χ3n) is 2.79. The maximum absolute atomic E-state index is 3.55. The molecule has 1 aromatic rings. The molecule has 92 valence electrons. The van der Waals surface area contributed by atoms with E-state index in [1.165, 1.54) is 17.7 Å². The number of nitrogens with one attached hydrogen (secondary N) is 2. The Labute approximate surface area is 103 Å².